The van der Waals surface area contributed by atoms with Crippen molar-refractivity contribution < 1.29 is 24.5 Å². The van der Waals surface area contributed by atoms with Crippen LogP contribution in [-0.2, 0) is 16.0 Å². The summed E-state index contributed by atoms with van der Waals surface area (Å²) in [4.78, 5) is 10.6. The lowest BCUT2D eigenvalue weighted by molar-refractivity contribution is -0.136. The summed E-state index contributed by atoms with van der Waals surface area (Å²) in [6.07, 6.45) is -0.138. The number of phenols is 1. The predicted octanol–water partition coefficient (Wildman–Crippen LogP) is 1.80. The Hall–Kier alpha value is -2.01. The van der Waals surface area contributed by atoms with Gasteiger partial charge in [0.1, 0.15) is 11.5 Å². The van der Waals surface area contributed by atoms with Crippen molar-refractivity contribution in [2.75, 3.05) is 6.61 Å². The highest BCUT2D eigenvalue weighted by Gasteiger charge is 2.44. The fourth-order valence-electron chi connectivity index (χ4n) is 2.62. The predicted molar refractivity (Wildman–Crippen MR) is 66.3 cm³/mol. The van der Waals surface area contributed by atoms with Crippen molar-refractivity contribution in [1.29, 1.82) is 0 Å². The second kappa shape index (κ2) is 4.28. The zero-order valence-electron chi connectivity index (χ0n) is 10.3. The summed E-state index contributed by atoms with van der Waals surface area (Å²) < 4.78 is 11.0. The molecule has 0 aromatic heterocycles. The lowest BCUT2D eigenvalue weighted by Crippen LogP contribution is -2.14. The molecule has 100 valence electrons. The minimum Gasteiger partial charge on any atom is -0.507 e. The number of fused-ring (bicyclic) bond motifs is 3. The summed E-state index contributed by atoms with van der Waals surface area (Å²) in [6, 6.07) is 3.45. The SMILES string of the molecule is C=C1CO[C@@H]2Oc3ccc(CCC(=O)O)c(O)c3[C@H]12. The molecule has 2 N–H and O–H groups in total. The van der Waals surface area contributed by atoms with Gasteiger partial charge in [0, 0.05) is 12.0 Å². The molecule has 19 heavy (non-hydrogen) atoms. The van der Waals surface area contributed by atoms with Gasteiger partial charge >= 0.3 is 5.97 Å². The fraction of sp³-hybridized carbons (Fsp3) is 0.357. The maximum atomic E-state index is 10.6. The lowest BCUT2D eigenvalue weighted by atomic mass is 9.91. The highest BCUT2D eigenvalue weighted by molar-refractivity contribution is 5.67. The van der Waals surface area contributed by atoms with Crippen LogP contribution in [0.2, 0.25) is 0 Å². The monoisotopic (exact) mass is 262 g/mol. The number of carboxylic acids is 1. The van der Waals surface area contributed by atoms with E-state index in [0.717, 1.165) is 5.57 Å². The Bertz CT molecular complexity index is 563. The van der Waals surface area contributed by atoms with Crippen molar-refractivity contribution in [2.24, 2.45) is 0 Å². The van der Waals surface area contributed by atoms with Crippen LogP contribution in [0.25, 0.3) is 0 Å². The van der Waals surface area contributed by atoms with Gasteiger partial charge in [-0.05, 0) is 23.6 Å². The first-order valence-electron chi connectivity index (χ1n) is 6.10. The van der Waals surface area contributed by atoms with E-state index in [1.165, 1.54) is 0 Å². The van der Waals surface area contributed by atoms with Crippen LogP contribution in [0.15, 0.2) is 24.3 Å². The first-order valence-corrected chi connectivity index (χ1v) is 6.10. The summed E-state index contributed by atoms with van der Waals surface area (Å²) in [5.41, 5.74) is 2.16. The molecule has 2 aliphatic heterocycles. The van der Waals surface area contributed by atoms with Crippen LogP contribution in [0, 0.1) is 0 Å². The lowest BCUT2D eigenvalue weighted by Gasteiger charge is -2.11. The molecule has 1 aromatic rings. The summed E-state index contributed by atoms with van der Waals surface area (Å²) in [5, 5.41) is 19.0. The first kappa shape index (κ1) is 12.0. The number of phenolic OH excluding ortho intramolecular Hbond substituents is 1. The summed E-state index contributed by atoms with van der Waals surface area (Å²) in [5.74, 6) is -0.340. The molecule has 0 bridgehead atoms. The van der Waals surface area contributed by atoms with Crippen molar-refractivity contribution in [2.45, 2.75) is 25.0 Å². The molecule has 2 heterocycles. The van der Waals surface area contributed by atoms with Gasteiger partial charge in [-0.15, -0.1) is 0 Å². The summed E-state index contributed by atoms with van der Waals surface area (Å²) >= 11 is 0. The van der Waals surface area contributed by atoms with Gasteiger partial charge in [-0.1, -0.05) is 12.6 Å². The molecular formula is C14H14O5. The topological polar surface area (TPSA) is 76.0 Å². The number of aliphatic carboxylic acids is 1. The molecule has 0 saturated carbocycles. The second-order valence-corrected chi connectivity index (χ2v) is 4.81. The molecule has 0 unspecified atom stereocenters. The number of aryl methyl sites for hydroxylation is 1. The smallest absolute Gasteiger partial charge is 0.303 e. The van der Waals surface area contributed by atoms with Gasteiger partial charge in [-0.2, -0.15) is 0 Å². The zero-order chi connectivity index (χ0) is 13.6. The van der Waals surface area contributed by atoms with E-state index in [-0.39, 0.29) is 18.1 Å². The maximum Gasteiger partial charge on any atom is 0.303 e. The number of carbonyl (C=O) groups is 1. The van der Waals surface area contributed by atoms with E-state index >= 15 is 0 Å². The number of hydrogen-bond donors (Lipinski definition) is 2. The molecule has 3 rings (SSSR count). The third-order valence-electron chi connectivity index (χ3n) is 3.57. The molecule has 1 aromatic carbocycles. The van der Waals surface area contributed by atoms with Crippen LogP contribution in [-0.4, -0.2) is 29.1 Å². The van der Waals surface area contributed by atoms with Crippen LogP contribution < -0.4 is 4.74 Å². The minimum absolute atomic E-state index is 0.0151. The van der Waals surface area contributed by atoms with Gasteiger partial charge in [0.15, 0.2) is 0 Å². The van der Waals surface area contributed by atoms with E-state index < -0.39 is 12.3 Å². The molecule has 2 atom stereocenters. The number of aromatic hydroxyl groups is 1. The maximum absolute atomic E-state index is 10.6. The number of carboxylic acid groups (broad SMARTS) is 1. The molecule has 0 amide bonds. The molecule has 1 fully saturated rings. The number of rotatable bonds is 3. The Labute approximate surface area is 110 Å². The van der Waals surface area contributed by atoms with Gasteiger partial charge in [0.25, 0.3) is 0 Å². The average Bonchev–Trinajstić information content (AvgIpc) is 2.89. The van der Waals surface area contributed by atoms with Crippen LogP contribution in [0.3, 0.4) is 0 Å². The molecule has 5 nitrogen and oxygen atoms in total. The quantitative estimate of drug-likeness (QED) is 0.812. The number of hydrogen-bond acceptors (Lipinski definition) is 4. The first-order chi connectivity index (χ1) is 9.08. The average molecular weight is 262 g/mol. The van der Waals surface area contributed by atoms with E-state index in [9.17, 15) is 9.90 Å². The van der Waals surface area contributed by atoms with Crippen molar-refractivity contribution in [3.05, 3.63) is 35.4 Å². The zero-order valence-corrected chi connectivity index (χ0v) is 10.3. The second-order valence-electron chi connectivity index (χ2n) is 4.81. The van der Waals surface area contributed by atoms with E-state index in [1.807, 2.05) is 0 Å². The van der Waals surface area contributed by atoms with Crippen molar-refractivity contribution >= 4 is 5.97 Å². The van der Waals surface area contributed by atoms with Crippen LogP contribution in [0.4, 0.5) is 0 Å². The summed E-state index contributed by atoms with van der Waals surface area (Å²) in [7, 11) is 0. The van der Waals surface area contributed by atoms with Gasteiger partial charge in [0.2, 0.25) is 6.29 Å². The van der Waals surface area contributed by atoms with Crippen LogP contribution >= 0.6 is 0 Å². The Morgan fingerprint density at radius 3 is 3.00 bits per heavy atom. The Morgan fingerprint density at radius 1 is 1.47 bits per heavy atom. The summed E-state index contributed by atoms with van der Waals surface area (Å²) in [6.45, 7) is 4.35. The van der Waals surface area contributed by atoms with Gasteiger partial charge < -0.3 is 19.7 Å². The van der Waals surface area contributed by atoms with Crippen LogP contribution in [0.5, 0.6) is 11.5 Å². The number of ether oxygens (including phenoxy) is 2. The van der Waals surface area contributed by atoms with E-state index in [2.05, 4.69) is 6.58 Å². The van der Waals surface area contributed by atoms with Gasteiger partial charge in [-0.25, -0.2) is 0 Å². The standard InChI is InChI=1S/C14H14O5/c1-7-6-18-14-11(7)12-9(19-14)4-2-8(13(12)17)3-5-10(15)16/h2,4,11,14,17H,1,3,5-6H2,(H,15,16)/t11-,14+/m0/s1. The van der Waals surface area contributed by atoms with E-state index in [4.69, 9.17) is 14.6 Å². The molecule has 1 saturated heterocycles. The molecule has 0 spiro atoms. The molecule has 5 heteroatoms. The third-order valence-corrected chi connectivity index (χ3v) is 3.57. The largest absolute Gasteiger partial charge is 0.507 e. The normalized spacial score (nSPS) is 23.9. The van der Waals surface area contributed by atoms with Crippen molar-refractivity contribution in [3.8, 4) is 11.5 Å². The molecular weight excluding hydrogens is 248 g/mol. The highest BCUT2D eigenvalue weighted by Crippen LogP contribution is 2.50. The van der Waals surface area contributed by atoms with E-state index in [0.29, 0.717) is 29.9 Å². The van der Waals surface area contributed by atoms with Gasteiger partial charge in [-0.3, -0.25) is 4.79 Å². The number of benzene rings is 1. The molecule has 2 aliphatic rings. The van der Waals surface area contributed by atoms with Crippen molar-refractivity contribution in [1.82, 2.24) is 0 Å². The third kappa shape index (κ3) is 1.86. The van der Waals surface area contributed by atoms with Gasteiger partial charge in [0.05, 0.1) is 12.5 Å². The Balaban J connectivity index is 1.96. The van der Waals surface area contributed by atoms with Crippen LogP contribution in [0.1, 0.15) is 23.5 Å². The Morgan fingerprint density at radius 2 is 2.26 bits per heavy atom. The minimum atomic E-state index is -0.886. The molecule has 0 aliphatic carbocycles. The highest BCUT2D eigenvalue weighted by atomic mass is 16.7. The Kier molecular flexibility index (Phi) is 2.71. The van der Waals surface area contributed by atoms with E-state index in [1.54, 1.807) is 12.1 Å². The fourth-order valence-corrected chi connectivity index (χ4v) is 2.62. The molecule has 0 radical (unpaired) electrons. The van der Waals surface area contributed by atoms with Crippen molar-refractivity contribution in [3.63, 3.8) is 0 Å².